The van der Waals surface area contributed by atoms with Gasteiger partial charge in [-0.15, -0.1) is 0 Å². The van der Waals surface area contributed by atoms with Gasteiger partial charge in [0.1, 0.15) is 0 Å². The number of hydrogen-bond donors (Lipinski definition) is 0. The molecule has 0 aliphatic heterocycles. The molecular formula is C32H52N2. The predicted molar refractivity (Wildman–Crippen MR) is 149 cm³/mol. The van der Waals surface area contributed by atoms with Crippen molar-refractivity contribution < 1.29 is 0 Å². The largest absolute Gasteiger partial charge is 0.236 e. The Balaban J connectivity index is 1.57. The smallest absolute Gasteiger partial charge is 0.159 e. The maximum Gasteiger partial charge on any atom is 0.159 e. The molecule has 0 unspecified atom stereocenters. The van der Waals surface area contributed by atoms with E-state index in [0.29, 0.717) is 0 Å². The molecule has 34 heavy (non-hydrogen) atoms. The van der Waals surface area contributed by atoms with E-state index in [0.717, 1.165) is 23.7 Å². The van der Waals surface area contributed by atoms with Crippen molar-refractivity contribution in [2.24, 2.45) is 5.92 Å². The molecule has 1 aromatic carbocycles. The van der Waals surface area contributed by atoms with Gasteiger partial charge in [-0.25, -0.2) is 9.97 Å². The van der Waals surface area contributed by atoms with Gasteiger partial charge in [-0.05, 0) is 42.7 Å². The van der Waals surface area contributed by atoms with Crippen LogP contribution >= 0.6 is 0 Å². The van der Waals surface area contributed by atoms with E-state index in [-0.39, 0.29) is 0 Å². The Morgan fingerprint density at radius 2 is 1.03 bits per heavy atom. The summed E-state index contributed by atoms with van der Waals surface area (Å²) in [6.45, 7) is 6.92. The van der Waals surface area contributed by atoms with E-state index in [1.807, 2.05) is 12.4 Å². The number of aromatic nitrogens is 2. The van der Waals surface area contributed by atoms with E-state index in [1.54, 1.807) is 0 Å². The Morgan fingerprint density at radius 3 is 1.56 bits per heavy atom. The van der Waals surface area contributed by atoms with Gasteiger partial charge < -0.3 is 0 Å². The monoisotopic (exact) mass is 464 g/mol. The summed E-state index contributed by atoms with van der Waals surface area (Å²) in [5.74, 6) is 1.69. The fourth-order valence-electron chi connectivity index (χ4n) is 4.68. The highest BCUT2D eigenvalue weighted by molar-refractivity contribution is 5.55. The molecule has 0 bridgehead atoms. The van der Waals surface area contributed by atoms with Crippen molar-refractivity contribution in [2.75, 3.05) is 0 Å². The molecule has 0 aliphatic carbocycles. The average molecular weight is 465 g/mol. The van der Waals surface area contributed by atoms with Crippen LogP contribution in [0.3, 0.4) is 0 Å². The Kier molecular flexibility index (Phi) is 15.6. The highest BCUT2D eigenvalue weighted by atomic mass is 14.9. The topological polar surface area (TPSA) is 25.8 Å². The van der Waals surface area contributed by atoms with Crippen LogP contribution in [-0.2, 0) is 12.8 Å². The molecule has 1 heterocycles. The summed E-state index contributed by atoms with van der Waals surface area (Å²) < 4.78 is 0. The Hall–Kier alpha value is -1.70. The molecular weight excluding hydrogens is 412 g/mol. The van der Waals surface area contributed by atoms with E-state index in [1.165, 1.54) is 120 Å². The summed E-state index contributed by atoms with van der Waals surface area (Å²) in [5.41, 5.74) is 3.83. The standard InChI is InChI=1S/C32H52N2/c1-4-5-6-7-8-9-10-11-14-17-20-29-22-24-31(25-23-29)32-33-26-30(27-34-32)21-18-15-12-13-16-19-28(2)3/h22-28H,4-21H2,1-3H3. The number of unbranched alkanes of at least 4 members (excludes halogenated alkanes) is 13. The van der Waals surface area contributed by atoms with Crippen molar-refractivity contribution in [3.63, 3.8) is 0 Å². The molecule has 0 saturated heterocycles. The van der Waals surface area contributed by atoms with Crippen molar-refractivity contribution >= 4 is 0 Å². The molecule has 2 rings (SSSR count). The lowest BCUT2D eigenvalue weighted by Crippen LogP contribution is -1.94. The van der Waals surface area contributed by atoms with Crippen LogP contribution in [0.15, 0.2) is 36.7 Å². The average Bonchev–Trinajstić information content (AvgIpc) is 2.85. The molecule has 0 amide bonds. The summed E-state index contributed by atoms with van der Waals surface area (Å²) in [4.78, 5) is 9.29. The van der Waals surface area contributed by atoms with Crippen molar-refractivity contribution in [3.05, 3.63) is 47.8 Å². The van der Waals surface area contributed by atoms with E-state index in [9.17, 15) is 0 Å². The number of benzene rings is 1. The van der Waals surface area contributed by atoms with Crippen molar-refractivity contribution in [3.8, 4) is 11.4 Å². The van der Waals surface area contributed by atoms with Crippen LogP contribution in [-0.4, -0.2) is 9.97 Å². The Morgan fingerprint density at radius 1 is 0.559 bits per heavy atom. The number of aryl methyl sites for hydroxylation is 2. The minimum absolute atomic E-state index is 0.844. The third kappa shape index (κ3) is 13.3. The minimum atomic E-state index is 0.844. The lowest BCUT2D eigenvalue weighted by molar-refractivity contribution is 0.515. The summed E-state index contributed by atoms with van der Waals surface area (Å²) in [5, 5.41) is 0. The quantitative estimate of drug-likeness (QED) is 0.182. The highest BCUT2D eigenvalue weighted by Gasteiger charge is 2.03. The first-order valence-electron chi connectivity index (χ1n) is 14.6. The summed E-state index contributed by atoms with van der Waals surface area (Å²) >= 11 is 0. The number of hydrogen-bond acceptors (Lipinski definition) is 2. The minimum Gasteiger partial charge on any atom is -0.236 e. The van der Waals surface area contributed by atoms with Crippen molar-refractivity contribution in [1.82, 2.24) is 9.97 Å². The van der Waals surface area contributed by atoms with Crippen LogP contribution < -0.4 is 0 Å². The van der Waals surface area contributed by atoms with Crippen LogP contribution in [0.2, 0.25) is 0 Å². The molecule has 2 aromatic rings. The second-order valence-corrected chi connectivity index (χ2v) is 10.7. The molecule has 0 radical (unpaired) electrons. The zero-order valence-corrected chi connectivity index (χ0v) is 22.7. The van der Waals surface area contributed by atoms with Gasteiger partial charge in [0.05, 0.1) is 0 Å². The van der Waals surface area contributed by atoms with Crippen LogP contribution in [0.5, 0.6) is 0 Å². The lowest BCUT2D eigenvalue weighted by Gasteiger charge is -2.06. The lowest BCUT2D eigenvalue weighted by atomic mass is 10.0. The molecule has 0 N–H and O–H groups in total. The fourth-order valence-corrected chi connectivity index (χ4v) is 4.68. The van der Waals surface area contributed by atoms with Crippen LogP contribution in [0.25, 0.3) is 11.4 Å². The Labute approximate surface area is 211 Å². The molecule has 1 aromatic heterocycles. The van der Waals surface area contributed by atoms with Gasteiger partial charge in [0, 0.05) is 18.0 Å². The maximum atomic E-state index is 4.64. The normalized spacial score (nSPS) is 11.4. The molecule has 2 heteroatoms. The van der Waals surface area contributed by atoms with Gasteiger partial charge in [0.25, 0.3) is 0 Å². The van der Waals surface area contributed by atoms with Crippen LogP contribution in [0, 0.1) is 5.92 Å². The molecule has 2 nitrogen and oxygen atoms in total. The summed E-state index contributed by atoms with van der Waals surface area (Å²) in [6, 6.07) is 8.91. The van der Waals surface area contributed by atoms with E-state index in [2.05, 4.69) is 55.0 Å². The van der Waals surface area contributed by atoms with E-state index < -0.39 is 0 Å². The van der Waals surface area contributed by atoms with Gasteiger partial charge >= 0.3 is 0 Å². The molecule has 0 saturated carbocycles. The first-order chi connectivity index (χ1) is 16.7. The predicted octanol–water partition coefficient (Wildman–Crippen LogP) is 10.1. The van der Waals surface area contributed by atoms with Crippen LogP contribution in [0.1, 0.15) is 135 Å². The third-order valence-corrected chi connectivity index (χ3v) is 6.98. The van der Waals surface area contributed by atoms with E-state index in [4.69, 9.17) is 0 Å². The van der Waals surface area contributed by atoms with E-state index >= 15 is 0 Å². The zero-order chi connectivity index (χ0) is 24.3. The zero-order valence-electron chi connectivity index (χ0n) is 22.7. The van der Waals surface area contributed by atoms with Crippen LogP contribution in [0.4, 0.5) is 0 Å². The van der Waals surface area contributed by atoms with Gasteiger partial charge in [-0.3, -0.25) is 0 Å². The summed E-state index contributed by atoms with van der Waals surface area (Å²) in [6.07, 6.45) is 28.4. The second-order valence-electron chi connectivity index (χ2n) is 10.7. The highest BCUT2D eigenvalue weighted by Crippen LogP contribution is 2.18. The van der Waals surface area contributed by atoms with Gasteiger partial charge in [-0.2, -0.15) is 0 Å². The van der Waals surface area contributed by atoms with Gasteiger partial charge in [0.15, 0.2) is 5.82 Å². The molecule has 190 valence electrons. The SMILES string of the molecule is CCCCCCCCCCCCc1ccc(-c2ncc(CCCCCCCC(C)C)cn2)cc1. The molecule has 0 atom stereocenters. The summed E-state index contributed by atoms with van der Waals surface area (Å²) in [7, 11) is 0. The van der Waals surface area contributed by atoms with Crippen molar-refractivity contribution in [2.45, 2.75) is 136 Å². The Bertz CT molecular complexity index is 718. The van der Waals surface area contributed by atoms with Crippen molar-refractivity contribution in [1.29, 1.82) is 0 Å². The third-order valence-electron chi connectivity index (χ3n) is 6.98. The number of rotatable bonds is 20. The van der Waals surface area contributed by atoms with Gasteiger partial charge in [-0.1, -0.05) is 135 Å². The molecule has 0 aliphatic rings. The van der Waals surface area contributed by atoms with Gasteiger partial charge in [0.2, 0.25) is 0 Å². The fraction of sp³-hybridized carbons (Fsp3) is 0.688. The molecule has 0 fully saturated rings. The molecule has 0 spiro atoms. The number of nitrogens with zero attached hydrogens (tertiary/aromatic N) is 2. The first kappa shape index (κ1) is 28.5. The first-order valence-corrected chi connectivity index (χ1v) is 14.6. The second kappa shape index (κ2) is 18.6. The maximum absolute atomic E-state index is 4.64.